The highest BCUT2D eigenvalue weighted by atomic mass is 32.1. The van der Waals surface area contributed by atoms with Crippen LogP contribution in [0.3, 0.4) is 0 Å². The molecule has 0 unspecified atom stereocenters. The second-order valence-electron chi connectivity index (χ2n) is 4.35. The Balaban J connectivity index is 2.35. The van der Waals surface area contributed by atoms with Gasteiger partial charge in [-0.15, -0.1) is 0 Å². The van der Waals surface area contributed by atoms with Crippen LogP contribution >= 0.6 is 12.6 Å². The molecule has 0 radical (unpaired) electrons. The van der Waals surface area contributed by atoms with Crippen LogP contribution in [0.15, 0.2) is 0 Å². The molecule has 5 atom stereocenters. The van der Waals surface area contributed by atoms with Gasteiger partial charge in [0.1, 0.15) is 24.4 Å². The summed E-state index contributed by atoms with van der Waals surface area (Å²) in [6, 6.07) is 0. The van der Waals surface area contributed by atoms with Crippen LogP contribution in [0.1, 0.15) is 19.3 Å². The Kier molecular flexibility index (Phi) is 7.47. The van der Waals surface area contributed by atoms with E-state index in [0.717, 1.165) is 25.0 Å². The van der Waals surface area contributed by atoms with Crippen molar-refractivity contribution < 1.29 is 29.9 Å². The summed E-state index contributed by atoms with van der Waals surface area (Å²) in [7, 11) is 0. The third-order valence-corrected chi connectivity index (χ3v) is 3.25. The Hall–Kier alpha value is 0.110. The molecule has 18 heavy (non-hydrogen) atoms. The molecule has 1 fully saturated rings. The van der Waals surface area contributed by atoms with Gasteiger partial charge < -0.3 is 29.9 Å². The Morgan fingerprint density at radius 3 is 2.33 bits per heavy atom. The summed E-state index contributed by atoms with van der Waals surface area (Å²) in [5.74, 6) is 0.819. The minimum absolute atomic E-state index is 0.385. The number of rotatable bonds is 7. The molecular weight excluding hydrogens is 260 g/mol. The van der Waals surface area contributed by atoms with Crippen molar-refractivity contribution in [1.82, 2.24) is 0 Å². The van der Waals surface area contributed by atoms with Crippen LogP contribution in [0.4, 0.5) is 0 Å². The monoisotopic (exact) mass is 282 g/mol. The van der Waals surface area contributed by atoms with E-state index in [-0.39, 0.29) is 0 Å². The summed E-state index contributed by atoms with van der Waals surface area (Å²) in [6.45, 7) is -0.0546. The lowest BCUT2D eigenvalue weighted by Gasteiger charge is -2.39. The zero-order valence-corrected chi connectivity index (χ0v) is 11.1. The van der Waals surface area contributed by atoms with Crippen molar-refractivity contribution in [2.45, 2.75) is 50.0 Å². The molecule has 0 saturated carbocycles. The normalized spacial score (nSPS) is 36.8. The van der Waals surface area contributed by atoms with Crippen molar-refractivity contribution in [3.63, 3.8) is 0 Å². The van der Waals surface area contributed by atoms with E-state index in [1.165, 1.54) is 0 Å². The number of thiol groups is 1. The van der Waals surface area contributed by atoms with Gasteiger partial charge in [-0.2, -0.15) is 12.6 Å². The highest BCUT2D eigenvalue weighted by Crippen LogP contribution is 2.22. The lowest BCUT2D eigenvalue weighted by atomic mass is 9.99. The van der Waals surface area contributed by atoms with Gasteiger partial charge in [0.2, 0.25) is 0 Å². The Morgan fingerprint density at radius 2 is 1.72 bits per heavy atom. The van der Waals surface area contributed by atoms with Crippen LogP contribution in [0.5, 0.6) is 0 Å². The first kappa shape index (κ1) is 16.2. The minimum Gasteiger partial charge on any atom is -0.394 e. The third kappa shape index (κ3) is 4.34. The molecule has 4 N–H and O–H groups in total. The molecule has 0 aromatic heterocycles. The van der Waals surface area contributed by atoms with Crippen LogP contribution in [0, 0.1) is 0 Å². The fourth-order valence-corrected chi connectivity index (χ4v) is 2.02. The van der Waals surface area contributed by atoms with E-state index < -0.39 is 37.3 Å². The van der Waals surface area contributed by atoms with Crippen LogP contribution in [-0.2, 0) is 9.47 Å². The Morgan fingerprint density at radius 1 is 1.00 bits per heavy atom. The molecule has 1 rings (SSSR count). The molecule has 7 heteroatoms. The number of aliphatic hydroxyl groups excluding tert-OH is 4. The van der Waals surface area contributed by atoms with Crippen molar-refractivity contribution in [1.29, 1.82) is 0 Å². The van der Waals surface area contributed by atoms with Gasteiger partial charge in [0.25, 0.3) is 0 Å². The lowest BCUT2D eigenvalue weighted by molar-refractivity contribution is -0.301. The molecule has 1 aliphatic heterocycles. The number of aliphatic hydroxyl groups is 4. The zero-order chi connectivity index (χ0) is 13.5. The van der Waals surface area contributed by atoms with Crippen molar-refractivity contribution in [2.24, 2.45) is 0 Å². The van der Waals surface area contributed by atoms with Gasteiger partial charge in [-0.1, -0.05) is 6.42 Å². The van der Waals surface area contributed by atoms with Crippen LogP contribution in [0.2, 0.25) is 0 Å². The van der Waals surface area contributed by atoms with Crippen molar-refractivity contribution in [3.8, 4) is 0 Å². The Labute approximate surface area is 112 Å². The summed E-state index contributed by atoms with van der Waals surface area (Å²) >= 11 is 4.09. The average Bonchev–Trinajstić information content (AvgIpc) is 2.38. The van der Waals surface area contributed by atoms with Crippen LogP contribution < -0.4 is 0 Å². The lowest BCUT2D eigenvalue weighted by Crippen LogP contribution is -2.59. The van der Waals surface area contributed by atoms with Gasteiger partial charge in [0.15, 0.2) is 6.29 Å². The first-order chi connectivity index (χ1) is 8.61. The molecule has 6 nitrogen and oxygen atoms in total. The number of hydrogen-bond donors (Lipinski definition) is 5. The van der Waals surface area contributed by atoms with E-state index in [2.05, 4.69) is 12.6 Å². The van der Waals surface area contributed by atoms with E-state index in [1.807, 2.05) is 0 Å². The maximum absolute atomic E-state index is 9.67. The number of hydrogen-bond acceptors (Lipinski definition) is 7. The van der Waals surface area contributed by atoms with E-state index in [9.17, 15) is 15.3 Å². The van der Waals surface area contributed by atoms with Crippen LogP contribution in [-0.4, -0.2) is 70.1 Å². The van der Waals surface area contributed by atoms with Gasteiger partial charge in [0, 0.05) is 6.61 Å². The summed E-state index contributed by atoms with van der Waals surface area (Å²) < 4.78 is 10.5. The van der Waals surface area contributed by atoms with Gasteiger partial charge in [0.05, 0.1) is 6.61 Å². The molecule has 0 bridgehead atoms. The van der Waals surface area contributed by atoms with E-state index in [1.54, 1.807) is 0 Å². The fourth-order valence-electron chi connectivity index (χ4n) is 1.80. The molecule has 1 heterocycles. The molecule has 1 saturated heterocycles. The van der Waals surface area contributed by atoms with Crippen molar-refractivity contribution in [2.75, 3.05) is 19.0 Å². The number of unbranched alkanes of at least 4 members (excludes halogenated alkanes) is 2. The van der Waals surface area contributed by atoms with Gasteiger partial charge in [-0.3, -0.25) is 0 Å². The Bertz CT molecular complexity index is 228. The minimum atomic E-state index is -1.38. The molecule has 0 aromatic rings. The summed E-state index contributed by atoms with van der Waals surface area (Å²) in [6.07, 6.45) is -3.21. The predicted molar refractivity (Wildman–Crippen MR) is 67.4 cm³/mol. The van der Waals surface area contributed by atoms with Crippen LogP contribution in [0.25, 0.3) is 0 Å². The first-order valence-corrected chi connectivity index (χ1v) is 6.78. The second kappa shape index (κ2) is 8.31. The topological polar surface area (TPSA) is 99.4 Å². The first-order valence-electron chi connectivity index (χ1n) is 6.14. The summed E-state index contributed by atoms with van der Waals surface area (Å²) in [5, 5.41) is 37.7. The largest absolute Gasteiger partial charge is 0.394 e. The molecule has 0 spiro atoms. The fraction of sp³-hybridized carbons (Fsp3) is 1.00. The SMILES string of the molecule is OC[C@@H]1O[C@@H](OCCCCCS)[C@H](O)[C@@H](O)[C@@H]1O. The summed E-state index contributed by atoms with van der Waals surface area (Å²) in [5.41, 5.74) is 0. The molecule has 0 amide bonds. The third-order valence-electron chi connectivity index (χ3n) is 2.93. The van der Waals surface area contributed by atoms with Gasteiger partial charge in [-0.25, -0.2) is 0 Å². The van der Waals surface area contributed by atoms with Gasteiger partial charge >= 0.3 is 0 Å². The smallest absolute Gasteiger partial charge is 0.186 e. The molecular formula is C11H22O6S. The van der Waals surface area contributed by atoms with Gasteiger partial charge in [-0.05, 0) is 18.6 Å². The van der Waals surface area contributed by atoms with E-state index >= 15 is 0 Å². The predicted octanol–water partition coefficient (Wildman–Crippen LogP) is -1.10. The molecule has 108 valence electrons. The zero-order valence-electron chi connectivity index (χ0n) is 10.2. The second-order valence-corrected chi connectivity index (χ2v) is 4.80. The maximum atomic E-state index is 9.67. The van der Waals surface area contributed by atoms with Crippen molar-refractivity contribution in [3.05, 3.63) is 0 Å². The van der Waals surface area contributed by atoms with Crippen molar-refractivity contribution >= 4 is 12.6 Å². The molecule has 1 aliphatic rings. The maximum Gasteiger partial charge on any atom is 0.186 e. The quantitative estimate of drug-likeness (QED) is 0.300. The van der Waals surface area contributed by atoms with E-state index in [4.69, 9.17) is 14.6 Å². The standard InChI is InChI=1S/C11H22O6S/c12-6-7-8(13)9(14)10(15)11(17-7)16-4-2-1-3-5-18/h7-15,18H,1-6H2/t7-,8+,9-,10+,11+/m0/s1. The summed E-state index contributed by atoms with van der Waals surface area (Å²) in [4.78, 5) is 0. The van der Waals surface area contributed by atoms with E-state index in [0.29, 0.717) is 6.61 Å². The highest BCUT2D eigenvalue weighted by molar-refractivity contribution is 7.80. The molecule has 0 aromatic carbocycles. The molecule has 0 aliphatic carbocycles. The average molecular weight is 282 g/mol. The number of ether oxygens (including phenoxy) is 2. The highest BCUT2D eigenvalue weighted by Gasteiger charge is 2.43.